The van der Waals surface area contributed by atoms with Crippen LogP contribution in [0.5, 0.6) is 5.75 Å². The van der Waals surface area contributed by atoms with E-state index < -0.39 is 0 Å². The summed E-state index contributed by atoms with van der Waals surface area (Å²) in [5.41, 5.74) is 0.948. The van der Waals surface area contributed by atoms with Crippen molar-refractivity contribution in [1.29, 1.82) is 0 Å². The second kappa shape index (κ2) is 6.74. The summed E-state index contributed by atoms with van der Waals surface area (Å²) in [5, 5.41) is 2.82. The lowest BCUT2D eigenvalue weighted by atomic mass is 10.2. The van der Waals surface area contributed by atoms with E-state index in [0.717, 1.165) is 11.3 Å². The SMILES string of the molecule is COc1cccc(/C=C/C(=O)NCC(C)C)c1. The molecule has 0 saturated heterocycles. The van der Waals surface area contributed by atoms with Crippen LogP contribution in [0.15, 0.2) is 30.3 Å². The van der Waals surface area contributed by atoms with E-state index in [0.29, 0.717) is 12.5 Å². The van der Waals surface area contributed by atoms with Gasteiger partial charge >= 0.3 is 0 Å². The van der Waals surface area contributed by atoms with Crippen LogP contribution < -0.4 is 10.1 Å². The first-order valence-corrected chi connectivity index (χ1v) is 5.72. The second-order valence-corrected chi connectivity index (χ2v) is 4.25. The van der Waals surface area contributed by atoms with Gasteiger partial charge in [-0.15, -0.1) is 0 Å². The molecule has 0 aliphatic heterocycles. The Hall–Kier alpha value is -1.77. The quantitative estimate of drug-likeness (QED) is 0.793. The third-order valence-corrected chi connectivity index (χ3v) is 2.21. The largest absolute Gasteiger partial charge is 0.497 e. The summed E-state index contributed by atoms with van der Waals surface area (Å²) in [6, 6.07) is 7.57. The first-order valence-electron chi connectivity index (χ1n) is 5.72. The molecule has 0 aliphatic carbocycles. The molecule has 0 atom stereocenters. The fraction of sp³-hybridized carbons (Fsp3) is 0.357. The molecule has 0 saturated carbocycles. The number of benzene rings is 1. The van der Waals surface area contributed by atoms with E-state index in [-0.39, 0.29) is 5.91 Å². The molecule has 1 N–H and O–H groups in total. The summed E-state index contributed by atoms with van der Waals surface area (Å²) < 4.78 is 5.11. The predicted octanol–water partition coefficient (Wildman–Crippen LogP) is 2.48. The first kappa shape index (κ1) is 13.3. The van der Waals surface area contributed by atoms with Crippen LogP contribution >= 0.6 is 0 Å². The zero-order valence-electron chi connectivity index (χ0n) is 10.6. The van der Waals surface area contributed by atoms with Crippen molar-refractivity contribution in [2.75, 3.05) is 13.7 Å². The molecule has 0 bridgehead atoms. The van der Waals surface area contributed by atoms with Crippen molar-refractivity contribution >= 4 is 12.0 Å². The molecule has 0 heterocycles. The highest BCUT2D eigenvalue weighted by atomic mass is 16.5. The van der Waals surface area contributed by atoms with Gasteiger partial charge in [0.05, 0.1) is 7.11 Å². The Labute approximate surface area is 102 Å². The maximum Gasteiger partial charge on any atom is 0.244 e. The predicted molar refractivity (Wildman–Crippen MR) is 69.9 cm³/mol. The van der Waals surface area contributed by atoms with E-state index in [2.05, 4.69) is 19.2 Å². The average molecular weight is 233 g/mol. The van der Waals surface area contributed by atoms with Crippen molar-refractivity contribution in [3.05, 3.63) is 35.9 Å². The van der Waals surface area contributed by atoms with Gasteiger partial charge in [-0.1, -0.05) is 26.0 Å². The van der Waals surface area contributed by atoms with E-state index in [9.17, 15) is 4.79 Å². The minimum atomic E-state index is -0.0680. The van der Waals surface area contributed by atoms with E-state index in [1.807, 2.05) is 24.3 Å². The van der Waals surface area contributed by atoms with Gasteiger partial charge in [0.2, 0.25) is 5.91 Å². The zero-order chi connectivity index (χ0) is 12.7. The van der Waals surface area contributed by atoms with Gasteiger partial charge in [-0.05, 0) is 29.7 Å². The summed E-state index contributed by atoms with van der Waals surface area (Å²) in [6.07, 6.45) is 3.31. The third-order valence-electron chi connectivity index (χ3n) is 2.21. The van der Waals surface area contributed by atoms with Gasteiger partial charge in [0, 0.05) is 12.6 Å². The molecule has 0 radical (unpaired) electrons. The molecule has 0 aromatic heterocycles. The second-order valence-electron chi connectivity index (χ2n) is 4.25. The normalized spacial score (nSPS) is 10.8. The van der Waals surface area contributed by atoms with Crippen molar-refractivity contribution in [1.82, 2.24) is 5.32 Å². The molecule has 1 rings (SSSR count). The van der Waals surface area contributed by atoms with Crippen molar-refractivity contribution in [2.24, 2.45) is 5.92 Å². The molecule has 92 valence electrons. The topological polar surface area (TPSA) is 38.3 Å². The summed E-state index contributed by atoms with van der Waals surface area (Å²) >= 11 is 0. The van der Waals surface area contributed by atoms with Crippen molar-refractivity contribution < 1.29 is 9.53 Å². The lowest BCUT2D eigenvalue weighted by molar-refractivity contribution is -0.116. The van der Waals surface area contributed by atoms with E-state index >= 15 is 0 Å². The molecule has 17 heavy (non-hydrogen) atoms. The minimum Gasteiger partial charge on any atom is -0.497 e. The van der Waals surface area contributed by atoms with Crippen LogP contribution in [0.2, 0.25) is 0 Å². The Morgan fingerprint density at radius 1 is 1.47 bits per heavy atom. The number of carbonyl (C=O) groups excluding carboxylic acids is 1. The Morgan fingerprint density at radius 2 is 2.24 bits per heavy atom. The average Bonchev–Trinajstić information content (AvgIpc) is 2.34. The first-order chi connectivity index (χ1) is 8.11. The van der Waals surface area contributed by atoms with Gasteiger partial charge in [0.1, 0.15) is 5.75 Å². The third kappa shape index (κ3) is 5.20. The molecular weight excluding hydrogens is 214 g/mol. The molecule has 1 amide bonds. The lowest BCUT2D eigenvalue weighted by Crippen LogP contribution is -2.25. The van der Waals surface area contributed by atoms with Crippen LogP contribution in [0.25, 0.3) is 6.08 Å². The monoisotopic (exact) mass is 233 g/mol. The smallest absolute Gasteiger partial charge is 0.244 e. The zero-order valence-corrected chi connectivity index (χ0v) is 10.6. The Morgan fingerprint density at radius 3 is 2.88 bits per heavy atom. The maximum atomic E-state index is 11.4. The van der Waals surface area contributed by atoms with Crippen LogP contribution in [-0.4, -0.2) is 19.6 Å². The number of carbonyl (C=O) groups is 1. The number of ether oxygens (including phenoxy) is 1. The highest BCUT2D eigenvalue weighted by Crippen LogP contribution is 2.13. The van der Waals surface area contributed by atoms with Gasteiger partial charge in [-0.25, -0.2) is 0 Å². The van der Waals surface area contributed by atoms with Crippen LogP contribution in [0.4, 0.5) is 0 Å². The molecular formula is C14H19NO2. The van der Waals surface area contributed by atoms with Crippen molar-refractivity contribution in [2.45, 2.75) is 13.8 Å². The summed E-state index contributed by atoms with van der Waals surface area (Å²) in [6.45, 7) is 4.82. The number of nitrogens with one attached hydrogen (secondary N) is 1. The standard InChI is InChI=1S/C14H19NO2/c1-11(2)10-15-14(16)8-7-12-5-4-6-13(9-12)17-3/h4-9,11H,10H2,1-3H3,(H,15,16)/b8-7+. The van der Waals surface area contributed by atoms with E-state index in [1.165, 1.54) is 6.08 Å². The molecule has 0 aliphatic rings. The molecule has 3 heteroatoms. The number of hydrogen-bond donors (Lipinski definition) is 1. The highest BCUT2D eigenvalue weighted by Gasteiger charge is 1.97. The van der Waals surface area contributed by atoms with E-state index in [4.69, 9.17) is 4.74 Å². The fourth-order valence-electron chi connectivity index (χ4n) is 1.28. The molecule has 0 fully saturated rings. The Bertz CT molecular complexity index is 397. The van der Waals surface area contributed by atoms with Crippen LogP contribution in [0, 0.1) is 5.92 Å². The van der Waals surface area contributed by atoms with Gasteiger partial charge in [-0.3, -0.25) is 4.79 Å². The maximum absolute atomic E-state index is 11.4. The number of amides is 1. The van der Waals surface area contributed by atoms with E-state index in [1.54, 1.807) is 13.2 Å². The highest BCUT2D eigenvalue weighted by molar-refractivity contribution is 5.91. The van der Waals surface area contributed by atoms with Crippen molar-refractivity contribution in [3.63, 3.8) is 0 Å². The Kier molecular flexibility index (Phi) is 5.27. The molecule has 3 nitrogen and oxygen atoms in total. The van der Waals surface area contributed by atoms with Crippen LogP contribution in [-0.2, 0) is 4.79 Å². The van der Waals surface area contributed by atoms with Gasteiger partial charge < -0.3 is 10.1 Å². The lowest BCUT2D eigenvalue weighted by Gasteiger charge is -2.04. The number of methoxy groups -OCH3 is 1. The van der Waals surface area contributed by atoms with Crippen molar-refractivity contribution in [3.8, 4) is 5.75 Å². The van der Waals surface area contributed by atoms with Gasteiger partial charge in [-0.2, -0.15) is 0 Å². The van der Waals surface area contributed by atoms with Gasteiger partial charge in [0.25, 0.3) is 0 Å². The summed E-state index contributed by atoms with van der Waals surface area (Å²) in [7, 11) is 1.62. The van der Waals surface area contributed by atoms with Crippen LogP contribution in [0.1, 0.15) is 19.4 Å². The molecule has 0 spiro atoms. The molecule has 1 aromatic rings. The Balaban J connectivity index is 2.54. The minimum absolute atomic E-state index is 0.0680. The van der Waals surface area contributed by atoms with Crippen LogP contribution in [0.3, 0.4) is 0 Å². The number of hydrogen-bond acceptors (Lipinski definition) is 2. The van der Waals surface area contributed by atoms with Gasteiger partial charge in [0.15, 0.2) is 0 Å². The molecule has 1 aromatic carbocycles. The number of rotatable bonds is 5. The molecule has 0 unspecified atom stereocenters. The fourth-order valence-corrected chi connectivity index (χ4v) is 1.28. The summed E-state index contributed by atoms with van der Waals surface area (Å²) in [5.74, 6) is 1.18. The summed E-state index contributed by atoms with van der Waals surface area (Å²) in [4.78, 5) is 11.4.